The lowest BCUT2D eigenvalue weighted by Crippen LogP contribution is -2.44. The van der Waals surface area contributed by atoms with Crippen LogP contribution in [0.4, 0.5) is 0 Å². The monoisotopic (exact) mass is 272 g/mol. The molecule has 1 atom stereocenters. The van der Waals surface area contributed by atoms with Crippen molar-refractivity contribution in [2.75, 3.05) is 53.1 Å². The Morgan fingerprint density at radius 1 is 1.16 bits per heavy atom. The summed E-state index contributed by atoms with van der Waals surface area (Å²) in [6.07, 6.45) is 6.26. The van der Waals surface area contributed by atoms with E-state index >= 15 is 0 Å². The van der Waals surface area contributed by atoms with E-state index in [-0.39, 0.29) is 0 Å². The average molecular weight is 272 g/mol. The molecule has 1 N–H and O–H groups in total. The van der Waals surface area contributed by atoms with Crippen LogP contribution in [0.3, 0.4) is 0 Å². The minimum absolute atomic E-state index is 0.689. The average Bonchev–Trinajstić information content (AvgIpc) is 2.44. The minimum Gasteiger partial charge on any atom is -0.385 e. The largest absolute Gasteiger partial charge is 0.385 e. The van der Waals surface area contributed by atoms with Crippen LogP contribution >= 0.6 is 0 Å². The zero-order valence-electron chi connectivity index (χ0n) is 12.8. The van der Waals surface area contributed by atoms with Gasteiger partial charge in [0.1, 0.15) is 0 Å². The van der Waals surface area contributed by atoms with E-state index < -0.39 is 0 Å². The van der Waals surface area contributed by atoms with Crippen LogP contribution < -0.4 is 5.32 Å². The Labute approximate surface area is 118 Å². The molecule has 0 aliphatic carbocycles. The van der Waals surface area contributed by atoms with Crippen LogP contribution in [-0.4, -0.2) is 64.1 Å². The summed E-state index contributed by atoms with van der Waals surface area (Å²) < 4.78 is 10.7. The van der Waals surface area contributed by atoms with Crippen LogP contribution in [-0.2, 0) is 9.47 Å². The first-order valence-electron chi connectivity index (χ1n) is 7.89. The van der Waals surface area contributed by atoms with Gasteiger partial charge in [-0.1, -0.05) is 13.3 Å². The summed E-state index contributed by atoms with van der Waals surface area (Å²) in [6.45, 7) is 9.31. The zero-order valence-corrected chi connectivity index (χ0v) is 12.8. The van der Waals surface area contributed by atoms with Gasteiger partial charge in [0.05, 0.1) is 6.61 Å². The van der Waals surface area contributed by atoms with Crippen LogP contribution in [0.5, 0.6) is 0 Å². The van der Waals surface area contributed by atoms with Gasteiger partial charge in [-0.05, 0) is 38.8 Å². The number of hydrogen-bond donors (Lipinski definition) is 1. The molecule has 0 saturated carbocycles. The summed E-state index contributed by atoms with van der Waals surface area (Å²) in [5, 5.41) is 3.63. The molecule has 0 spiro atoms. The van der Waals surface area contributed by atoms with E-state index in [4.69, 9.17) is 9.47 Å². The number of methoxy groups -OCH3 is 1. The van der Waals surface area contributed by atoms with Crippen LogP contribution in [0.25, 0.3) is 0 Å². The first kappa shape index (κ1) is 16.9. The van der Waals surface area contributed by atoms with Crippen molar-refractivity contribution in [2.45, 2.75) is 45.1 Å². The maximum Gasteiger partial charge on any atom is 0.0593 e. The van der Waals surface area contributed by atoms with Crippen molar-refractivity contribution in [3.05, 3.63) is 0 Å². The predicted molar refractivity (Wildman–Crippen MR) is 79.7 cm³/mol. The van der Waals surface area contributed by atoms with Crippen molar-refractivity contribution in [3.63, 3.8) is 0 Å². The first-order valence-corrected chi connectivity index (χ1v) is 7.89. The van der Waals surface area contributed by atoms with Gasteiger partial charge in [0, 0.05) is 39.5 Å². The summed E-state index contributed by atoms with van der Waals surface area (Å²) in [7, 11) is 1.74. The number of nitrogens with zero attached hydrogens (tertiary/aromatic N) is 1. The highest BCUT2D eigenvalue weighted by atomic mass is 16.5. The van der Waals surface area contributed by atoms with E-state index in [0.29, 0.717) is 6.04 Å². The van der Waals surface area contributed by atoms with Gasteiger partial charge in [0.2, 0.25) is 0 Å². The van der Waals surface area contributed by atoms with Gasteiger partial charge in [-0.15, -0.1) is 0 Å². The van der Waals surface area contributed by atoms with E-state index in [9.17, 15) is 0 Å². The smallest absolute Gasteiger partial charge is 0.0593 e. The van der Waals surface area contributed by atoms with Gasteiger partial charge in [-0.3, -0.25) is 4.90 Å². The highest BCUT2D eigenvalue weighted by Crippen LogP contribution is 2.08. The van der Waals surface area contributed by atoms with Crippen molar-refractivity contribution < 1.29 is 9.47 Å². The van der Waals surface area contributed by atoms with Crippen molar-refractivity contribution in [3.8, 4) is 0 Å². The maximum atomic E-state index is 5.66. The summed E-state index contributed by atoms with van der Waals surface area (Å²) in [5.41, 5.74) is 0. The molecule has 1 fully saturated rings. The van der Waals surface area contributed by atoms with Crippen molar-refractivity contribution in [1.29, 1.82) is 0 Å². The third kappa shape index (κ3) is 8.58. The SMILES string of the molecule is CCCN(CCOCCCOC)CC1CCCCN1. The molecule has 0 aromatic heterocycles. The van der Waals surface area contributed by atoms with Gasteiger partial charge in [0.25, 0.3) is 0 Å². The second-order valence-electron chi connectivity index (χ2n) is 5.41. The molecule has 1 unspecified atom stereocenters. The predicted octanol–water partition coefficient (Wildman–Crippen LogP) is 1.89. The van der Waals surface area contributed by atoms with Crippen LogP contribution in [0.15, 0.2) is 0 Å². The molecule has 1 heterocycles. The quantitative estimate of drug-likeness (QED) is 0.582. The molecule has 19 heavy (non-hydrogen) atoms. The molecule has 0 amide bonds. The lowest BCUT2D eigenvalue weighted by molar-refractivity contribution is 0.0803. The first-order chi connectivity index (χ1) is 9.36. The van der Waals surface area contributed by atoms with Gasteiger partial charge in [0.15, 0.2) is 0 Å². The Balaban J connectivity index is 2.09. The fraction of sp³-hybridized carbons (Fsp3) is 1.00. The fourth-order valence-corrected chi connectivity index (χ4v) is 2.60. The highest BCUT2D eigenvalue weighted by molar-refractivity contribution is 4.76. The van der Waals surface area contributed by atoms with Crippen molar-refractivity contribution in [1.82, 2.24) is 10.2 Å². The number of piperidine rings is 1. The normalized spacial score (nSPS) is 20.1. The Hall–Kier alpha value is -0.160. The minimum atomic E-state index is 0.689. The van der Waals surface area contributed by atoms with E-state index in [0.717, 1.165) is 32.8 Å². The van der Waals surface area contributed by atoms with Crippen molar-refractivity contribution in [2.24, 2.45) is 0 Å². The number of nitrogens with one attached hydrogen (secondary N) is 1. The third-order valence-electron chi connectivity index (χ3n) is 3.62. The number of rotatable bonds is 11. The molecule has 0 aromatic carbocycles. The Bertz CT molecular complexity index is 197. The fourth-order valence-electron chi connectivity index (χ4n) is 2.60. The van der Waals surface area contributed by atoms with Crippen LogP contribution in [0.2, 0.25) is 0 Å². The standard InChI is InChI=1S/C15H32N2O2/c1-3-9-17(10-13-19-12-6-11-18-2)14-15-7-4-5-8-16-15/h15-16H,3-14H2,1-2H3. The highest BCUT2D eigenvalue weighted by Gasteiger charge is 2.15. The zero-order chi connectivity index (χ0) is 13.8. The Kier molecular flexibility index (Phi) is 10.4. The van der Waals surface area contributed by atoms with Crippen molar-refractivity contribution >= 4 is 0 Å². The second-order valence-corrected chi connectivity index (χ2v) is 5.41. The molecule has 114 valence electrons. The topological polar surface area (TPSA) is 33.7 Å². The molecule has 1 aliphatic heterocycles. The molecular formula is C15H32N2O2. The van der Waals surface area contributed by atoms with Crippen LogP contribution in [0.1, 0.15) is 39.0 Å². The van der Waals surface area contributed by atoms with E-state index in [2.05, 4.69) is 17.1 Å². The lowest BCUT2D eigenvalue weighted by Gasteiger charge is -2.30. The van der Waals surface area contributed by atoms with Gasteiger partial charge >= 0.3 is 0 Å². The summed E-state index contributed by atoms with van der Waals surface area (Å²) in [6, 6.07) is 0.689. The molecule has 1 rings (SSSR count). The molecule has 4 heteroatoms. The number of ether oxygens (including phenoxy) is 2. The Morgan fingerprint density at radius 2 is 2.05 bits per heavy atom. The Morgan fingerprint density at radius 3 is 2.74 bits per heavy atom. The molecule has 0 aromatic rings. The summed E-state index contributed by atoms with van der Waals surface area (Å²) in [5.74, 6) is 0. The second kappa shape index (κ2) is 11.6. The molecule has 1 aliphatic rings. The molecule has 4 nitrogen and oxygen atoms in total. The van der Waals surface area contributed by atoms with Crippen LogP contribution in [0, 0.1) is 0 Å². The van der Waals surface area contributed by atoms with E-state index in [1.807, 2.05) is 0 Å². The van der Waals surface area contributed by atoms with E-state index in [1.165, 1.54) is 45.3 Å². The molecule has 0 bridgehead atoms. The van der Waals surface area contributed by atoms with Gasteiger partial charge in [-0.2, -0.15) is 0 Å². The van der Waals surface area contributed by atoms with E-state index in [1.54, 1.807) is 7.11 Å². The van der Waals surface area contributed by atoms with Gasteiger partial charge in [-0.25, -0.2) is 0 Å². The third-order valence-corrected chi connectivity index (χ3v) is 3.62. The maximum absolute atomic E-state index is 5.66. The lowest BCUT2D eigenvalue weighted by atomic mass is 10.0. The summed E-state index contributed by atoms with van der Waals surface area (Å²) in [4.78, 5) is 2.54. The number of hydrogen-bond acceptors (Lipinski definition) is 4. The molecule has 0 radical (unpaired) electrons. The molecule has 1 saturated heterocycles. The van der Waals surface area contributed by atoms with Gasteiger partial charge < -0.3 is 14.8 Å². The molecular weight excluding hydrogens is 240 g/mol. The summed E-state index contributed by atoms with van der Waals surface area (Å²) >= 11 is 0.